The van der Waals surface area contributed by atoms with E-state index in [9.17, 15) is 18.0 Å². The van der Waals surface area contributed by atoms with Gasteiger partial charge in [-0.25, -0.2) is 18.2 Å². The van der Waals surface area contributed by atoms with Crippen molar-refractivity contribution in [3.05, 3.63) is 71.2 Å². The first kappa shape index (κ1) is 22.0. The van der Waals surface area contributed by atoms with Crippen molar-refractivity contribution in [2.24, 2.45) is 0 Å². The van der Waals surface area contributed by atoms with Crippen LogP contribution in [0.5, 0.6) is 0 Å². The van der Waals surface area contributed by atoms with Crippen LogP contribution in [0.15, 0.2) is 60.1 Å². The highest BCUT2D eigenvalue weighted by Crippen LogP contribution is 2.22. The SMILES string of the molecule is O=C(Nc1cccc(C(=O)NCc2ccc(-c3nccs3)cc2)c1)NC1CCS(=O)(=O)C1. The van der Waals surface area contributed by atoms with Gasteiger partial charge in [-0.2, -0.15) is 0 Å². The number of hydrogen-bond donors (Lipinski definition) is 3. The maximum Gasteiger partial charge on any atom is 0.319 e. The summed E-state index contributed by atoms with van der Waals surface area (Å²) in [4.78, 5) is 29.0. The molecule has 0 aliphatic carbocycles. The lowest BCUT2D eigenvalue weighted by Gasteiger charge is -2.13. The van der Waals surface area contributed by atoms with Crippen LogP contribution in [0.3, 0.4) is 0 Å². The van der Waals surface area contributed by atoms with E-state index < -0.39 is 21.9 Å². The Balaban J connectivity index is 1.30. The molecule has 2 aromatic carbocycles. The summed E-state index contributed by atoms with van der Waals surface area (Å²) in [6.07, 6.45) is 2.17. The van der Waals surface area contributed by atoms with E-state index in [1.165, 1.54) is 0 Å². The molecule has 166 valence electrons. The molecule has 3 amide bonds. The number of thiazole rings is 1. The summed E-state index contributed by atoms with van der Waals surface area (Å²) in [7, 11) is -3.07. The topological polar surface area (TPSA) is 117 Å². The Bertz CT molecular complexity index is 1210. The fraction of sp³-hybridized carbons (Fsp3) is 0.227. The molecule has 0 radical (unpaired) electrons. The minimum atomic E-state index is -3.07. The Morgan fingerprint density at radius 1 is 1.12 bits per heavy atom. The van der Waals surface area contributed by atoms with E-state index in [0.29, 0.717) is 24.2 Å². The number of nitrogens with zero attached hydrogens (tertiary/aromatic N) is 1. The maximum absolute atomic E-state index is 12.5. The molecule has 4 rings (SSSR count). The second-order valence-electron chi connectivity index (χ2n) is 7.50. The molecule has 3 aromatic rings. The average molecular weight is 471 g/mol. The molecule has 0 bridgehead atoms. The van der Waals surface area contributed by atoms with E-state index in [1.54, 1.807) is 41.8 Å². The molecule has 10 heteroatoms. The molecule has 0 saturated carbocycles. The number of rotatable bonds is 6. The van der Waals surface area contributed by atoms with E-state index in [0.717, 1.165) is 16.1 Å². The number of anilines is 1. The molecule has 2 heterocycles. The van der Waals surface area contributed by atoms with Gasteiger partial charge in [0, 0.05) is 41.0 Å². The Kier molecular flexibility index (Phi) is 6.52. The van der Waals surface area contributed by atoms with Crippen LogP contribution in [0.4, 0.5) is 10.5 Å². The van der Waals surface area contributed by atoms with Gasteiger partial charge in [0.2, 0.25) is 0 Å². The van der Waals surface area contributed by atoms with Crippen molar-refractivity contribution in [2.75, 3.05) is 16.8 Å². The van der Waals surface area contributed by atoms with Crippen molar-refractivity contribution in [3.63, 3.8) is 0 Å². The minimum Gasteiger partial charge on any atom is -0.348 e. The van der Waals surface area contributed by atoms with Gasteiger partial charge in [-0.3, -0.25) is 4.79 Å². The largest absolute Gasteiger partial charge is 0.348 e. The summed E-state index contributed by atoms with van der Waals surface area (Å²) in [6, 6.07) is 13.5. The molecule has 1 saturated heterocycles. The van der Waals surface area contributed by atoms with Crippen molar-refractivity contribution < 1.29 is 18.0 Å². The third-order valence-electron chi connectivity index (χ3n) is 5.04. The number of urea groups is 1. The van der Waals surface area contributed by atoms with E-state index in [2.05, 4.69) is 20.9 Å². The highest BCUT2D eigenvalue weighted by atomic mass is 32.2. The number of carbonyl (C=O) groups excluding carboxylic acids is 2. The summed E-state index contributed by atoms with van der Waals surface area (Å²) < 4.78 is 23.0. The van der Waals surface area contributed by atoms with Crippen LogP contribution >= 0.6 is 11.3 Å². The van der Waals surface area contributed by atoms with E-state index in [1.807, 2.05) is 29.6 Å². The van der Waals surface area contributed by atoms with Gasteiger partial charge in [0.25, 0.3) is 5.91 Å². The van der Waals surface area contributed by atoms with Crippen LogP contribution in [0.25, 0.3) is 10.6 Å². The first-order valence-electron chi connectivity index (χ1n) is 10.0. The minimum absolute atomic E-state index is 0.0479. The molecule has 1 aliphatic rings. The zero-order valence-corrected chi connectivity index (χ0v) is 18.7. The van der Waals surface area contributed by atoms with Crippen LogP contribution in [0, 0.1) is 0 Å². The molecule has 0 spiro atoms. The van der Waals surface area contributed by atoms with Gasteiger partial charge in [-0.1, -0.05) is 30.3 Å². The smallest absolute Gasteiger partial charge is 0.319 e. The third-order valence-corrected chi connectivity index (χ3v) is 7.63. The van der Waals surface area contributed by atoms with Crippen molar-refractivity contribution in [1.29, 1.82) is 0 Å². The van der Waals surface area contributed by atoms with Crippen molar-refractivity contribution in [2.45, 2.75) is 19.0 Å². The molecule has 1 unspecified atom stereocenters. The number of hydrogen-bond acceptors (Lipinski definition) is 6. The predicted molar refractivity (Wildman–Crippen MR) is 124 cm³/mol. The van der Waals surface area contributed by atoms with Crippen LogP contribution in [0.1, 0.15) is 22.3 Å². The zero-order chi connectivity index (χ0) is 22.6. The third kappa shape index (κ3) is 5.71. The van der Waals surface area contributed by atoms with Gasteiger partial charge in [0.1, 0.15) is 5.01 Å². The summed E-state index contributed by atoms with van der Waals surface area (Å²) in [5, 5.41) is 11.1. The monoisotopic (exact) mass is 470 g/mol. The van der Waals surface area contributed by atoms with Gasteiger partial charge in [-0.15, -0.1) is 11.3 Å². The molecule has 1 fully saturated rings. The lowest BCUT2D eigenvalue weighted by Crippen LogP contribution is -2.38. The number of sulfone groups is 1. The normalized spacial score (nSPS) is 16.9. The Labute approximate surface area is 190 Å². The number of nitrogens with one attached hydrogen (secondary N) is 3. The van der Waals surface area contributed by atoms with Gasteiger partial charge in [0.15, 0.2) is 9.84 Å². The Morgan fingerprint density at radius 3 is 2.62 bits per heavy atom. The highest BCUT2D eigenvalue weighted by Gasteiger charge is 2.28. The zero-order valence-electron chi connectivity index (χ0n) is 17.1. The number of amides is 3. The maximum atomic E-state index is 12.5. The second-order valence-corrected chi connectivity index (χ2v) is 10.6. The molecule has 1 aliphatic heterocycles. The molecule has 8 nitrogen and oxygen atoms in total. The standard InChI is InChI=1S/C22H22N4O4S2/c27-20(24-13-15-4-6-16(7-5-15)21-23-9-10-31-21)17-2-1-3-18(12-17)25-22(28)26-19-8-11-32(29,30)14-19/h1-7,9-10,12,19H,8,11,13-14H2,(H,24,27)(H2,25,26,28). The van der Waals surface area contributed by atoms with Gasteiger partial charge >= 0.3 is 6.03 Å². The van der Waals surface area contributed by atoms with Crippen LogP contribution < -0.4 is 16.0 Å². The predicted octanol–water partition coefficient (Wildman–Crippen LogP) is 3.05. The average Bonchev–Trinajstić information content (AvgIpc) is 3.42. The van der Waals surface area contributed by atoms with E-state index in [-0.39, 0.29) is 17.4 Å². The van der Waals surface area contributed by atoms with Gasteiger partial charge in [-0.05, 0) is 30.2 Å². The van der Waals surface area contributed by atoms with Gasteiger partial charge < -0.3 is 16.0 Å². The quantitative estimate of drug-likeness (QED) is 0.512. The number of carbonyl (C=O) groups is 2. The Morgan fingerprint density at radius 2 is 1.94 bits per heavy atom. The molecule has 3 N–H and O–H groups in total. The Hall–Kier alpha value is -3.24. The van der Waals surface area contributed by atoms with Crippen LogP contribution in [0.2, 0.25) is 0 Å². The first-order valence-corrected chi connectivity index (χ1v) is 12.7. The summed E-state index contributed by atoms with van der Waals surface area (Å²) in [6.45, 7) is 0.366. The lowest BCUT2D eigenvalue weighted by molar-refractivity contribution is 0.0951. The van der Waals surface area contributed by atoms with E-state index in [4.69, 9.17) is 0 Å². The van der Waals surface area contributed by atoms with Crippen molar-refractivity contribution >= 4 is 38.8 Å². The molecule has 1 atom stereocenters. The number of aromatic nitrogens is 1. The highest BCUT2D eigenvalue weighted by molar-refractivity contribution is 7.91. The fourth-order valence-electron chi connectivity index (χ4n) is 3.42. The van der Waals surface area contributed by atoms with Gasteiger partial charge in [0.05, 0.1) is 11.5 Å². The number of benzene rings is 2. The lowest BCUT2D eigenvalue weighted by atomic mass is 10.1. The molecule has 1 aromatic heterocycles. The first-order chi connectivity index (χ1) is 15.4. The fourth-order valence-corrected chi connectivity index (χ4v) is 5.73. The van der Waals surface area contributed by atoms with Crippen LogP contribution in [-0.2, 0) is 16.4 Å². The molecular formula is C22H22N4O4S2. The summed E-state index contributed by atoms with van der Waals surface area (Å²) in [5.41, 5.74) is 2.84. The molecule has 32 heavy (non-hydrogen) atoms. The second kappa shape index (κ2) is 9.49. The van der Waals surface area contributed by atoms with Crippen LogP contribution in [-0.4, -0.2) is 42.9 Å². The molecular weight excluding hydrogens is 448 g/mol. The summed E-state index contributed by atoms with van der Waals surface area (Å²) in [5.74, 6) is -0.227. The summed E-state index contributed by atoms with van der Waals surface area (Å²) >= 11 is 1.57. The van der Waals surface area contributed by atoms with Crippen molar-refractivity contribution in [3.8, 4) is 10.6 Å². The van der Waals surface area contributed by atoms with Crippen molar-refractivity contribution in [1.82, 2.24) is 15.6 Å². The van der Waals surface area contributed by atoms with E-state index >= 15 is 0 Å².